The summed E-state index contributed by atoms with van der Waals surface area (Å²) in [6.45, 7) is 13.8. The van der Waals surface area contributed by atoms with E-state index in [9.17, 15) is 4.79 Å². The van der Waals surface area contributed by atoms with Crippen LogP contribution in [0.5, 0.6) is 0 Å². The Morgan fingerprint density at radius 3 is 2.65 bits per heavy atom. The van der Waals surface area contributed by atoms with Crippen LogP contribution in [0.1, 0.15) is 47.5 Å². The van der Waals surface area contributed by atoms with E-state index in [1.807, 2.05) is 4.90 Å². The summed E-state index contributed by atoms with van der Waals surface area (Å²) in [5.74, 6) is 0.806. The summed E-state index contributed by atoms with van der Waals surface area (Å²) in [5, 5.41) is 3.32. The Bertz CT molecular complexity index is 257. The third-order valence-corrected chi connectivity index (χ3v) is 3.31. The van der Waals surface area contributed by atoms with Gasteiger partial charge in [-0.2, -0.15) is 0 Å². The SMILES string of the molecule is C[C@@H](CC(=O)N1CCNC[C@@H]1C)CC(C)(C)C. The van der Waals surface area contributed by atoms with Crippen molar-refractivity contribution in [3.63, 3.8) is 0 Å². The second-order valence-corrected chi connectivity index (χ2v) is 6.71. The van der Waals surface area contributed by atoms with Crippen LogP contribution in [0.15, 0.2) is 0 Å². The number of rotatable bonds is 3. The summed E-state index contributed by atoms with van der Waals surface area (Å²) in [4.78, 5) is 14.2. The van der Waals surface area contributed by atoms with E-state index in [0.29, 0.717) is 29.7 Å². The zero-order chi connectivity index (χ0) is 13.1. The third-order valence-electron chi connectivity index (χ3n) is 3.31. The molecule has 0 aromatic heterocycles. The average molecular weight is 240 g/mol. The van der Waals surface area contributed by atoms with Crippen LogP contribution in [0, 0.1) is 11.3 Å². The Morgan fingerprint density at radius 1 is 1.47 bits per heavy atom. The first-order valence-corrected chi connectivity index (χ1v) is 6.80. The lowest BCUT2D eigenvalue weighted by atomic mass is 9.84. The summed E-state index contributed by atoms with van der Waals surface area (Å²) < 4.78 is 0. The predicted octanol–water partition coefficient (Wildman–Crippen LogP) is 2.27. The number of hydrogen-bond acceptors (Lipinski definition) is 2. The van der Waals surface area contributed by atoms with E-state index in [-0.39, 0.29) is 0 Å². The summed E-state index contributed by atoms with van der Waals surface area (Å²) in [6, 6.07) is 0.345. The topological polar surface area (TPSA) is 32.3 Å². The number of carbonyl (C=O) groups excluding carboxylic acids is 1. The lowest BCUT2D eigenvalue weighted by Gasteiger charge is -2.35. The normalized spacial score (nSPS) is 23.6. The van der Waals surface area contributed by atoms with Gasteiger partial charge in [0.1, 0.15) is 0 Å². The minimum atomic E-state index is 0.314. The Labute approximate surface area is 106 Å². The second kappa shape index (κ2) is 5.85. The Hall–Kier alpha value is -0.570. The van der Waals surface area contributed by atoms with Crippen LogP contribution in [0.25, 0.3) is 0 Å². The smallest absolute Gasteiger partial charge is 0.223 e. The maximum Gasteiger partial charge on any atom is 0.223 e. The third kappa shape index (κ3) is 5.07. The van der Waals surface area contributed by atoms with E-state index in [1.165, 1.54) is 0 Å². The molecule has 17 heavy (non-hydrogen) atoms. The van der Waals surface area contributed by atoms with Gasteiger partial charge < -0.3 is 10.2 Å². The van der Waals surface area contributed by atoms with E-state index in [0.717, 1.165) is 26.1 Å². The lowest BCUT2D eigenvalue weighted by molar-refractivity contribution is -0.135. The molecule has 0 aromatic carbocycles. The number of nitrogens with one attached hydrogen (secondary N) is 1. The zero-order valence-electron chi connectivity index (χ0n) is 12.0. The number of hydrogen-bond donors (Lipinski definition) is 1. The minimum Gasteiger partial charge on any atom is -0.337 e. The molecule has 3 heteroatoms. The molecule has 1 N–H and O–H groups in total. The summed E-state index contributed by atoms with van der Waals surface area (Å²) in [5.41, 5.74) is 0.314. The predicted molar refractivity (Wildman–Crippen MR) is 71.9 cm³/mol. The molecule has 1 aliphatic heterocycles. The fraction of sp³-hybridized carbons (Fsp3) is 0.929. The van der Waals surface area contributed by atoms with Crippen LogP contribution in [-0.2, 0) is 4.79 Å². The van der Waals surface area contributed by atoms with Gasteiger partial charge in [0.2, 0.25) is 5.91 Å². The van der Waals surface area contributed by atoms with Crippen LogP contribution in [-0.4, -0.2) is 36.5 Å². The maximum atomic E-state index is 12.2. The molecule has 0 saturated carbocycles. The van der Waals surface area contributed by atoms with Crippen molar-refractivity contribution in [3.05, 3.63) is 0 Å². The molecule has 1 saturated heterocycles. The standard InChI is InChI=1S/C14H28N2O/c1-11(9-14(3,4)5)8-13(17)16-7-6-15-10-12(16)2/h11-12,15H,6-10H2,1-5H3/t11-,12-/m0/s1. The van der Waals surface area contributed by atoms with Gasteiger partial charge in [-0.05, 0) is 24.7 Å². The highest BCUT2D eigenvalue weighted by molar-refractivity contribution is 5.76. The molecule has 0 bridgehead atoms. The van der Waals surface area contributed by atoms with Gasteiger partial charge in [-0.25, -0.2) is 0 Å². The van der Waals surface area contributed by atoms with Gasteiger partial charge in [0.25, 0.3) is 0 Å². The summed E-state index contributed by atoms with van der Waals surface area (Å²) in [7, 11) is 0. The number of carbonyl (C=O) groups is 1. The molecule has 0 radical (unpaired) electrons. The molecule has 0 unspecified atom stereocenters. The van der Waals surface area contributed by atoms with E-state index in [4.69, 9.17) is 0 Å². The quantitative estimate of drug-likeness (QED) is 0.821. The molecule has 0 spiro atoms. The fourth-order valence-corrected chi connectivity index (χ4v) is 2.74. The molecule has 3 nitrogen and oxygen atoms in total. The van der Waals surface area contributed by atoms with Gasteiger partial charge in [0, 0.05) is 32.1 Å². The Balaban J connectivity index is 2.42. The molecule has 1 fully saturated rings. The van der Waals surface area contributed by atoms with Crippen molar-refractivity contribution >= 4 is 5.91 Å². The molecule has 100 valence electrons. The molecule has 1 heterocycles. The first-order chi connectivity index (χ1) is 7.79. The van der Waals surface area contributed by atoms with Gasteiger partial charge in [0.15, 0.2) is 0 Å². The Morgan fingerprint density at radius 2 is 2.12 bits per heavy atom. The van der Waals surface area contributed by atoms with Crippen LogP contribution in [0.4, 0.5) is 0 Å². The van der Waals surface area contributed by atoms with E-state index < -0.39 is 0 Å². The Kier molecular flexibility index (Phi) is 4.99. The highest BCUT2D eigenvalue weighted by Gasteiger charge is 2.25. The van der Waals surface area contributed by atoms with Gasteiger partial charge >= 0.3 is 0 Å². The van der Waals surface area contributed by atoms with E-state index in [1.54, 1.807) is 0 Å². The van der Waals surface area contributed by atoms with Crippen LogP contribution in [0.3, 0.4) is 0 Å². The summed E-state index contributed by atoms with van der Waals surface area (Å²) >= 11 is 0. The summed E-state index contributed by atoms with van der Waals surface area (Å²) in [6.07, 6.45) is 1.81. The van der Waals surface area contributed by atoms with Crippen molar-refractivity contribution in [1.29, 1.82) is 0 Å². The van der Waals surface area contributed by atoms with Crippen LogP contribution < -0.4 is 5.32 Å². The lowest BCUT2D eigenvalue weighted by Crippen LogP contribution is -2.52. The van der Waals surface area contributed by atoms with Gasteiger partial charge in [0.05, 0.1) is 0 Å². The number of amides is 1. The molecular formula is C14H28N2O. The van der Waals surface area contributed by atoms with Crippen molar-refractivity contribution in [1.82, 2.24) is 10.2 Å². The molecule has 0 aromatic rings. The van der Waals surface area contributed by atoms with Crippen molar-refractivity contribution in [2.75, 3.05) is 19.6 Å². The van der Waals surface area contributed by atoms with Crippen molar-refractivity contribution in [2.45, 2.75) is 53.5 Å². The average Bonchev–Trinajstić information content (AvgIpc) is 2.14. The number of nitrogens with zero attached hydrogens (tertiary/aromatic N) is 1. The van der Waals surface area contributed by atoms with Crippen molar-refractivity contribution in [2.24, 2.45) is 11.3 Å². The second-order valence-electron chi connectivity index (χ2n) is 6.71. The maximum absolute atomic E-state index is 12.2. The highest BCUT2D eigenvalue weighted by atomic mass is 16.2. The molecular weight excluding hydrogens is 212 g/mol. The minimum absolute atomic E-state index is 0.314. The van der Waals surface area contributed by atoms with E-state index >= 15 is 0 Å². The highest BCUT2D eigenvalue weighted by Crippen LogP contribution is 2.26. The molecule has 1 rings (SSSR count). The van der Waals surface area contributed by atoms with Crippen LogP contribution in [0.2, 0.25) is 0 Å². The first kappa shape index (κ1) is 14.5. The number of piperazine rings is 1. The van der Waals surface area contributed by atoms with Crippen LogP contribution >= 0.6 is 0 Å². The zero-order valence-corrected chi connectivity index (χ0v) is 12.0. The molecule has 0 aliphatic carbocycles. The van der Waals surface area contributed by atoms with Gasteiger partial charge in [-0.3, -0.25) is 4.79 Å². The van der Waals surface area contributed by atoms with Gasteiger partial charge in [-0.1, -0.05) is 27.7 Å². The monoisotopic (exact) mass is 240 g/mol. The van der Waals surface area contributed by atoms with Crippen molar-refractivity contribution in [3.8, 4) is 0 Å². The molecule has 1 amide bonds. The molecule has 1 aliphatic rings. The first-order valence-electron chi connectivity index (χ1n) is 6.80. The van der Waals surface area contributed by atoms with Gasteiger partial charge in [-0.15, -0.1) is 0 Å². The molecule has 2 atom stereocenters. The van der Waals surface area contributed by atoms with E-state index in [2.05, 4.69) is 39.9 Å². The van der Waals surface area contributed by atoms with Crippen molar-refractivity contribution < 1.29 is 4.79 Å². The largest absolute Gasteiger partial charge is 0.337 e. The fourth-order valence-electron chi connectivity index (χ4n) is 2.74.